The summed E-state index contributed by atoms with van der Waals surface area (Å²) < 4.78 is 58.7. The van der Waals surface area contributed by atoms with Gasteiger partial charge in [0.15, 0.2) is 0 Å². The van der Waals surface area contributed by atoms with E-state index < -0.39 is 23.0 Å². The second-order valence-electron chi connectivity index (χ2n) is 6.91. The lowest BCUT2D eigenvalue weighted by Gasteiger charge is -2.17. The highest BCUT2D eigenvalue weighted by Crippen LogP contribution is 2.32. The molecule has 0 fully saturated rings. The lowest BCUT2D eigenvalue weighted by molar-refractivity contribution is -0.137. The van der Waals surface area contributed by atoms with E-state index in [0.29, 0.717) is 11.1 Å². The fraction of sp³-hybridized carbons (Fsp3) is 0.273. The number of benzene rings is 2. The molecule has 0 unspecified atom stereocenters. The number of aliphatic hydroxyl groups is 1. The molecule has 2 aromatic carbocycles. The van der Waals surface area contributed by atoms with Crippen LogP contribution in [0.5, 0.6) is 0 Å². The Morgan fingerprint density at radius 2 is 1.91 bits per heavy atom. The highest BCUT2D eigenvalue weighted by Gasteiger charge is 2.30. The van der Waals surface area contributed by atoms with Gasteiger partial charge in [0.1, 0.15) is 17.4 Å². The highest BCUT2D eigenvalue weighted by molar-refractivity contribution is 5.88. The molecular weight excluding hydrogens is 430 g/mol. The lowest BCUT2D eigenvalue weighted by atomic mass is 9.97. The van der Waals surface area contributed by atoms with Gasteiger partial charge in [-0.3, -0.25) is 4.79 Å². The van der Waals surface area contributed by atoms with Crippen LogP contribution in [0.1, 0.15) is 22.3 Å². The molecule has 0 saturated heterocycles. The van der Waals surface area contributed by atoms with E-state index in [-0.39, 0.29) is 54.9 Å². The number of halogens is 4. The van der Waals surface area contributed by atoms with Gasteiger partial charge in [-0.2, -0.15) is 18.4 Å². The number of aliphatic hydroxyl groups excluding tert-OH is 1. The van der Waals surface area contributed by atoms with Crippen molar-refractivity contribution in [2.24, 2.45) is 0 Å². The van der Waals surface area contributed by atoms with E-state index >= 15 is 0 Å². The number of H-pyrrole nitrogens is 1. The van der Waals surface area contributed by atoms with Gasteiger partial charge < -0.3 is 20.1 Å². The van der Waals surface area contributed by atoms with Crippen molar-refractivity contribution in [3.63, 3.8) is 0 Å². The van der Waals surface area contributed by atoms with Gasteiger partial charge in [-0.15, -0.1) is 0 Å². The zero-order chi connectivity index (χ0) is 23.3. The average molecular weight is 449 g/mol. The molecule has 0 bridgehead atoms. The molecule has 10 heteroatoms. The minimum absolute atomic E-state index is 0.0219. The van der Waals surface area contributed by atoms with Gasteiger partial charge in [-0.1, -0.05) is 12.1 Å². The van der Waals surface area contributed by atoms with Crippen LogP contribution in [0.2, 0.25) is 0 Å². The normalized spacial score (nSPS) is 11.5. The molecule has 3 N–H and O–H groups in total. The Hall–Kier alpha value is -3.42. The number of nitrogens with one attached hydrogen (secondary N) is 2. The van der Waals surface area contributed by atoms with E-state index in [0.717, 1.165) is 18.2 Å². The van der Waals surface area contributed by atoms with Crippen molar-refractivity contribution < 1.29 is 27.4 Å². The molecule has 3 aromatic rings. The van der Waals surface area contributed by atoms with Gasteiger partial charge >= 0.3 is 6.18 Å². The third-order valence-corrected chi connectivity index (χ3v) is 4.80. The third kappa shape index (κ3) is 5.07. The smallest absolute Gasteiger partial charge is 0.394 e. The van der Waals surface area contributed by atoms with E-state index in [9.17, 15) is 22.4 Å². The highest BCUT2D eigenvalue weighted by atomic mass is 19.4. The predicted octanol–water partition coefficient (Wildman–Crippen LogP) is 3.57. The number of fused-ring (bicyclic) bond motifs is 1. The molecule has 6 nitrogen and oxygen atoms in total. The number of aromatic nitrogens is 1. The Kier molecular flexibility index (Phi) is 7.12. The van der Waals surface area contributed by atoms with Gasteiger partial charge in [0.05, 0.1) is 42.0 Å². The largest absolute Gasteiger partial charge is 0.416 e. The van der Waals surface area contributed by atoms with E-state index in [1.54, 1.807) is 6.07 Å². The van der Waals surface area contributed by atoms with Gasteiger partial charge in [0, 0.05) is 24.7 Å². The molecule has 0 amide bonds. The van der Waals surface area contributed by atoms with Crippen molar-refractivity contribution >= 4 is 16.6 Å². The standard InChI is InChI=1S/C22H19F4N3O3/c23-18-10-17-19(29-12-14(11-27)21(17)31)16(20(18)28-5-7-32-8-6-30)9-13-1-3-15(4-2-13)22(24,25)26/h1-4,10,12,28,30H,5-9H2,(H,29,31). The number of rotatable bonds is 8. The van der Waals surface area contributed by atoms with Crippen LogP contribution in [0, 0.1) is 17.1 Å². The molecule has 0 aliphatic rings. The number of nitriles is 1. The number of alkyl halides is 3. The van der Waals surface area contributed by atoms with Crippen molar-refractivity contribution in [2.45, 2.75) is 12.6 Å². The first-order chi connectivity index (χ1) is 15.3. The van der Waals surface area contributed by atoms with Gasteiger partial charge in [0.25, 0.3) is 0 Å². The van der Waals surface area contributed by atoms with Crippen LogP contribution in [-0.4, -0.2) is 36.5 Å². The average Bonchev–Trinajstić information content (AvgIpc) is 2.75. The van der Waals surface area contributed by atoms with E-state index in [1.807, 2.05) is 0 Å². The van der Waals surface area contributed by atoms with Crippen molar-refractivity contribution in [3.8, 4) is 6.07 Å². The summed E-state index contributed by atoms with van der Waals surface area (Å²) in [5, 5.41) is 20.7. The number of hydrogen-bond acceptors (Lipinski definition) is 5. The summed E-state index contributed by atoms with van der Waals surface area (Å²) in [4.78, 5) is 15.4. The summed E-state index contributed by atoms with van der Waals surface area (Å²) in [6, 6.07) is 7.20. The lowest BCUT2D eigenvalue weighted by Crippen LogP contribution is -2.16. The Labute approximate surface area is 180 Å². The van der Waals surface area contributed by atoms with Crippen LogP contribution in [0.15, 0.2) is 41.3 Å². The summed E-state index contributed by atoms with van der Waals surface area (Å²) in [5.74, 6) is -0.748. The number of ether oxygens (including phenoxy) is 1. The summed E-state index contributed by atoms with van der Waals surface area (Å²) >= 11 is 0. The second kappa shape index (κ2) is 9.80. The maximum Gasteiger partial charge on any atom is 0.416 e. The quantitative estimate of drug-likeness (QED) is 0.361. The Morgan fingerprint density at radius 3 is 2.53 bits per heavy atom. The fourth-order valence-corrected chi connectivity index (χ4v) is 3.28. The Morgan fingerprint density at radius 1 is 1.19 bits per heavy atom. The van der Waals surface area contributed by atoms with Crippen LogP contribution < -0.4 is 10.7 Å². The predicted molar refractivity (Wildman–Crippen MR) is 110 cm³/mol. The minimum atomic E-state index is -4.48. The third-order valence-electron chi connectivity index (χ3n) is 4.80. The molecule has 168 valence electrons. The monoisotopic (exact) mass is 449 g/mol. The maximum atomic E-state index is 15.0. The number of hydrogen-bond donors (Lipinski definition) is 3. The van der Waals surface area contributed by atoms with Crippen molar-refractivity contribution in [1.29, 1.82) is 5.26 Å². The first-order valence-corrected chi connectivity index (χ1v) is 9.61. The number of pyridine rings is 1. The van der Waals surface area contributed by atoms with Crippen LogP contribution in [0.4, 0.5) is 23.2 Å². The van der Waals surface area contributed by atoms with Crippen LogP contribution >= 0.6 is 0 Å². The molecule has 0 spiro atoms. The number of anilines is 1. The fourth-order valence-electron chi connectivity index (χ4n) is 3.28. The van der Waals surface area contributed by atoms with Gasteiger partial charge in [-0.05, 0) is 23.8 Å². The van der Waals surface area contributed by atoms with Crippen molar-refractivity contribution in [1.82, 2.24) is 4.98 Å². The summed E-state index contributed by atoms with van der Waals surface area (Å²) in [5.41, 5.74) is -0.517. The first-order valence-electron chi connectivity index (χ1n) is 9.61. The first kappa shape index (κ1) is 23.2. The Balaban J connectivity index is 2.05. The SMILES string of the molecule is N#Cc1c[nH]c2c(Cc3ccc(C(F)(F)F)cc3)c(NCCOCCO)c(F)cc2c1=O. The molecule has 0 atom stereocenters. The van der Waals surface area contributed by atoms with E-state index in [2.05, 4.69) is 10.3 Å². The summed E-state index contributed by atoms with van der Waals surface area (Å²) in [7, 11) is 0. The topological polar surface area (TPSA) is 98.1 Å². The van der Waals surface area contributed by atoms with Crippen LogP contribution in [-0.2, 0) is 17.3 Å². The Bertz CT molecular complexity index is 1200. The molecule has 1 heterocycles. The summed E-state index contributed by atoms with van der Waals surface area (Å²) in [6.45, 7) is 0.307. The number of nitrogens with zero attached hydrogens (tertiary/aromatic N) is 1. The van der Waals surface area contributed by atoms with Crippen LogP contribution in [0.3, 0.4) is 0 Å². The molecule has 0 aliphatic carbocycles. The van der Waals surface area contributed by atoms with Crippen LogP contribution in [0.25, 0.3) is 10.9 Å². The zero-order valence-corrected chi connectivity index (χ0v) is 16.7. The van der Waals surface area contributed by atoms with Gasteiger partial charge in [0.2, 0.25) is 5.43 Å². The maximum absolute atomic E-state index is 15.0. The second-order valence-corrected chi connectivity index (χ2v) is 6.91. The summed E-state index contributed by atoms with van der Waals surface area (Å²) in [6.07, 6.45) is -3.24. The van der Waals surface area contributed by atoms with Crippen molar-refractivity contribution in [2.75, 3.05) is 31.7 Å². The molecular formula is C22H19F4N3O3. The molecule has 0 aliphatic heterocycles. The molecule has 32 heavy (non-hydrogen) atoms. The molecule has 0 radical (unpaired) electrons. The molecule has 1 aromatic heterocycles. The molecule has 3 rings (SSSR count). The van der Waals surface area contributed by atoms with E-state index in [1.165, 1.54) is 18.3 Å². The minimum Gasteiger partial charge on any atom is -0.394 e. The van der Waals surface area contributed by atoms with Crippen molar-refractivity contribution in [3.05, 3.63) is 74.8 Å². The molecule has 0 saturated carbocycles. The zero-order valence-electron chi connectivity index (χ0n) is 16.7. The number of aromatic amines is 1. The van der Waals surface area contributed by atoms with E-state index in [4.69, 9.17) is 15.1 Å². The van der Waals surface area contributed by atoms with Gasteiger partial charge in [-0.25, -0.2) is 4.39 Å².